The Hall–Kier alpha value is -1.39. The lowest BCUT2D eigenvalue weighted by Crippen LogP contribution is -2.40. The van der Waals surface area contributed by atoms with Crippen LogP contribution in [0, 0.1) is 0 Å². The SMILES string of the molecule is CC1(C(=O)C(N)Cc2ccc(O)cc2)CO1. The number of aromatic hydroxyl groups is 1. The first-order chi connectivity index (χ1) is 7.51. The van der Waals surface area contributed by atoms with E-state index in [4.69, 9.17) is 15.6 Å². The molecule has 2 unspecified atom stereocenters. The molecule has 0 aromatic heterocycles. The van der Waals surface area contributed by atoms with E-state index < -0.39 is 11.6 Å². The number of ketones is 1. The maximum Gasteiger partial charge on any atom is 0.183 e. The molecule has 2 atom stereocenters. The number of carbonyl (C=O) groups is 1. The van der Waals surface area contributed by atoms with E-state index in [1.807, 2.05) is 0 Å². The number of ether oxygens (including phenoxy) is 1. The van der Waals surface area contributed by atoms with Crippen LogP contribution in [0.5, 0.6) is 5.75 Å². The maximum atomic E-state index is 11.8. The molecular weight excluding hydrogens is 206 g/mol. The number of epoxide rings is 1. The molecule has 1 aromatic rings. The molecule has 1 aromatic carbocycles. The molecule has 0 spiro atoms. The maximum absolute atomic E-state index is 11.8. The predicted molar refractivity (Wildman–Crippen MR) is 59.2 cm³/mol. The standard InChI is InChI=1S/C12H15NO3/c1-12(7-16-12)11(15)10(13)6-8-2-4-9(14)5-3-8/h2-5,10,14H,6-7,13H2,1H3. The van der Waals surface area contributed by atoms with Crippen molar-refractivity contribution >= 4 is 5.78 Å². The van der Waals surface area contributed by atoms with Crippen LogP contribution in [0.4, 0.5) is 0 Å². The van der Waals surface area contributed by atoms with Gasteiger partial charge < -0.3 is 15.6 Å². The summed E-state index contributed by atoms with van der Waals surface area (Å²) in [6.45, 7) is 2.22. The molecule has 1 saturated heterocycles. The fourth-order valence-electron chi connectivity index (χ4n) is 1.62. The van der Waals surface area contributed by atoms with Crippen LogP contribution in [-0.4, -0.2) is 29.1 Å². The van der Waals surface area contributed by atoms with Gasteiger partial charge in [-0.2, -0.15) is 0 Å². The lowest BCUT2D eigenvalue weighted by Gasteiger charge is -2.13. The first kappa shape index (κ1) is 11.1. The van der Waals surface area contributed by atoms with E-state index in [1.165, 1.54) is 0 Å². The molecule has 4 heteroatoms. The third-order valence-electron chi connectivity index (χ3n) is 2.83. The molecule has 2 rings (SSSR count). The summed E-state index contributed by atoms with van der Waals surface area (Å²) < 4.78 is 5.07. The monoisotopic (exact) mass is 221 g/mol. The molecule has 1 aliphatic heterocycles. The predicted octanol–water partition coefficient (Wildman–Crippen LogP) is 0.620. The molecule has 0 radical (unpaired) electrons. The van der Waals surface area contributed by atoms with Crippen LogP contribution < -0.4 is 5.73 Å². The summed E-state index contributed by atoms with van der Waals surface area (Å²) >= 11 is 0. The molecule has 1 fully saturated rings. The lowest BCUT2D eigenvalue weighted by atomic mass is 9.96. The van der Waals surface area contributed by atoms with Gasteiger partial charge >= 0.3 is 0 Å². The van der Waals surface area contributed by atoms with Crippen molar-refractivity contribution in [1.29, 1.82) is 0 Å². The number of rotatable bonds is 4. The first-order valence-corrected chi connectivity index (χ1v) is 5.23. The minimum absolute atomic E-state index is 0.0550. The highest BCUT2D eigenvalue weighted by molar-refractivity contribution is 5.93. The van der Waals surface area contributed by atoms with Crippen molar-refractivity contribution in [1.82, 2.24) is 0 Å². The number of nitrogens with two attached hydrogens (primary N) is 1. The molecule has 1 heterocycles. The second kappa shape index (κ2) is 3.88. The average molecular weight is 221 g/mol. The summed E-state index contributed by atoms with van der Waals surface area (Å²) in [5.74, 6) is 0.154. The Morgan fingerprint density at radius 1 is 1.56 bits per heavy atom. The molecule has 4 nitrogen and oxygen atoms in total. The third-order valence-corrected chi connectivity index (χ3v) is 2.83. The van der Waals surface area contributed by atoms with Crippen LogP contribution >= 0.6 is 0 Å². The van der Waals surface area contributed by atoms with E-state index in [0.717, 1.165) is 5.56 Å². The van der Waals surface area contributed by atoms with Gasteiger partial charge in [0.25, 0.3) is 0 Å². The van der Waals surface area contributed by atoms with Gasteiger partial charge in [-0.3, -0.25) is 4.79 Å². The summed E-state index contributed by atoms with van der Waals surface area (Å²) in [5.41, 5.74) is 6.10. The van der Waals surface area contributed by atoms with Gasteiger partial charge in [0.15, 0.2) is 5.78 Å². The molecule has 3 N–H and O–H groups in total. The highest BCUT2D eigenvalue weighted by atomic mass is 16.6. The Balaban J connectivity index is 1.99. The van der Waals surface area contributed by atoms with Crippen LogP contribution in [0.2, 0.25) is 0 Å². The Bertz CT molecular complexity index is 395. The van der Waals surface area contributed by atoms with Crippen molar-refractivity contribution in [3.8, 4) is 5.75 Å². The van der Waals surface area contributed by atoms with Gasteiger partial charge in [0.1, 0.15) is 11.4 Å². The van der Waals surface area contributed by atoms with Gasteiger partial charge in [-0.1, -0.05) is 12.1 Å². The van der Waals surface area contributed by atoms with Crippen LogP contribution in [0.1, 0.15) is 12.5 Å². The smallest absolute Gasteiger partial charge is 0.183 e. The number of phenols is 1. The Morgan fingerprint density at radius 2 is 2.12 bits per heavy atom. The second-order valence-corrected chi connectivity index (χ2v) is 4.36. The normalized spacial score (nSPS) is 25.1. The number of carbonyl (C=O) groups excluding carboxylic acids is 1. The van der Waals surface area contributed by atoms with E-state index in [2.05, 4.69) is 0 Å². The fraction of sp³-hybridized carbons (Fsp3) is 0.417. The van der Waals surface area contributed by atoms with E-state index in [-0.39, 0.29) is 11.5 Å². The van der Waals surface area contributed by atoms with Gasteiger partial charge in [0, 0.05) is 0 Å². The first-order valence-electron chi connectivity index (χ1n) is 5.23. The quantitative estimate of drug-likeness (QED) is 0.731. The van der Waals surface area contributed by atoms with E-state index >= 15 is 0 Å². The van der Waals surface area contributed by atoms with Gasteiger partial charge in [-0.05, 0) is 31.0 Å². The highest BCUT2D eigenvalue weighted by Gasteiger charge is 2.48. The zero-order chi connectivity index (χ0) is 11.8. The Kier molecular flexibility index (Phi) is 2.69. The number of Topliss-reactive ketones (excluding diaryl/α,β-unsaturated/α-hetero) is 1. The summed E-state index contributed by atoms with van der Waals surface area (Å²) in [6.07, 6.45) is 0.470. The fourth-order valence-corrected chi connectivity index (χ4v) is 1.62. The largest absolute Gasteiger partial charge is 0.508 e. The van der Waals surface area contributed by atoms with Gasteiger partial charge in [0.05, 0.1) is 12.6 Å². The van der Waals surface area contributed by atoms with Crippen molar-refractivity contribution in [2.24, 2.45) is 5.73 Å². The number of hydrogen-bond donors (Lipinski definition) is 2. The molecule has 0 bridgehead atoms. The zero-order valence-corrected chi connectivity index (χ0v) is 9.14. The van der Waals surface area contributed by atoms with E-state index in [9.17, 15) is 4.79 Å². The summed E-state index contributed by atoms with van der Waals surface area (Å²) in [5, 5.41) is 9.12. The Morgan fingerprint density at radius 3 is 2.62 bits per heavy atom. The van der Waals surface area contributed by atoms with Crippen molar-refractivity contribution in [3.05, 3.63) is 29.8 Å². The molecule has 1 aliphatic rings. The third kappa shape index (κ3) is 2.23. The van der Waals surface area contributed by atoms with Gasteiger partial charge in [0.2, 0.25) is 0 Å². The van der Waals surface area contributed by atoms with Crippen molar-refractivity contribution in [2.45, 2.75) is 25.0 Å². The van der Waals surface area contributed by atoms with Gasteiger partial charge in [-0.25, -0.2) is 0 Å². The summed E-state index contributed by atoms with van der Waals surface area (Å²) in [4.78, 5) is 11.8. The molecular formula is C12H15NO3. The van der Waals surface area contributed by atoms with Crippen molar-refractivity contribution < 1.29 is 14.6 Å². The number of phenolic OH excluding ortho intramolecular Hbond substituents is 1. The van der Waals surface area contributed by atoms with E-state index in [1.54, 1.807) is 31.2 Å². The van der Waals surface area contributed by atoms with Gasteiger partial charge in [-0.15, -0.1) is 0 Å². The van der Waals surface area contributed by atoms with E-state index in [0.29, 0.717) is 13.0 Å². The summed E-state index contributed by atoms with van der Waals surface area (Å²) in [6, 6.07) is 6.15. The van der Waals surface area contributed by atoms with Crippen LogP contribution in [-0.2, 0) is 16.0 Å². The molecule has 0 saturated carbocycles. The number of benzene rings is 1. The summed E-state index contributed by atoms with van der Waals surface area (Å²) in [7, 11) is 0. The topological polar surface area (TPSA) is 75.9 Å². The second-order valence-electron chi connectivity index (χ2n) is 4.36. The number of hydrogen-bond acceptors (Lipinski definition) is 4. The molecule has 0 amide bonds. The minimum atomic E-state index is -0.656. The molecule has 86 valence electrons. The lowest BCUT2D eigenvalue weighted by molar-refractivity contribution is -0.124. The van der Waals surface area contributed by atoms with Crippen molar-refractivity contribution in [3.63, 3.8) is 0 Å². The zero-order valence-electron chi connectivity index (χ0n) is 9.14. The Labute approximate surface area is 94.0 Å². The van der Waals surface area contributed by atoms with Crippen LogP contribution in [0.15, 0.2) is 24.3 Å². The van der Waals surface area contributed by atoms with Crippen LogP contribution in [0.25, 0.3) is 0 Å². The molecule has 0 aliphatic carbocycles. The van der Waals surface area contributed by atoms with Crippen LogP contribution in [0.3, 0.4) is 0 Å². The van der Waals surface area contributed by atoms with Crippen molar-refractivity contribution in [2.75, 3.05) is 6.61 Å². The highest BCUT2D eigenvalue weighted by Crippen LogP contribution is 2.28. The average Bonchev–Trinajstić information content (AvgIpc) is 3.00. The molecule has 16 heavy (non-hydrogen) atoms. The minimum Gasteiger partial charge on any atom is -0.508 e.